The molecule has 106 valence electrons. The Morgan fingerprint density at radius 1 is 1.14 bits per heavy atom. The van der Waals surface area contributed by atoms with Gasteiger partial charge in [0, 0.05) is 23.4 Å². The number of halogens is 3. The topological polar surface area (TPSA) is 22.1 Å². The Labute approximate surface area is 134 Å². The number of pyridine rings is 1. The number of ether oxygens (including phenoxy) is 1. The summed E-state index contributed by atoms with van der Waals surface area (Å²) >= 11 is 9.08. The molecule has 0 amide bonds. The second-order valence-electron chi connectivity index (χ2n) is 4.45. The zero-order valence-electron chi connectivity index (χ0n) is 10.8. The van der Waals surface area contributed by atoms with Crippen molar-refractivity contribution >= 4 is 38.4 Å². The molecule has 1 aromatic heterocycles. The molecule has 0 spiro atoms. The predicted molar refractivity (Wildman–Crippen MR) is 85.5 cm³/mol. The van der Waals surface area contributed by atoms with Gasteiger partial charge in [0.05, 0.1) is 9.99 Å². The number of benzene rings is 2. The lowest BCUT2D eigenvalue weighted by atomic mass is 10.1. The van der Waals surface area contributed by atoms with Crippen molar-refractivity contribution in [1.29, 1.82) is 0 Å². The van der Waals surface area contributed by atoms with E-state index in [0.29, 0.717) is 22.0 Å². The maximum atomic E-state index is 13.5. The van der Waals surface area contributed by atoms with E-state index < -0.39 is 0 Å². The molecule has 3 aromatic rings. The third kappa shape index (κ3) is 3.01. The molecule has 0 radical (unpaired) electrons. The summed E-state index contributed by atoms with van der Waals surface area (Å²) in [7, 11) is 0. The van der Waals surface area contributed by atoms with E-state index in [2.05, 4.69) is 20.9 Å². The summed E-state index contributed by atoms with van der Waals surface area (Å²) in [6, 6.07) is 14.0. The number of hydrogen-bond acceptors (Lipinski definition) is 2. The van der Waals surface area contributed by atoms with Gasteiger partial charge in [-0.25, -0.2) is 9.37 Å². The Balaban J connectivity index is 2.02. The molecule has 5 heteroatoms. The highest BCUT2D eigenvalue weighted by atomic mass is 79.9. The summed E-state index contributed by atoms with van der Waals surface area (Å²) in [5.74, 6) is 0.754. The maximum Gasteiger partial charge on any atom is 0.220 e. The fourth-order valence-electron chi connectivity index (χ4n) is 2.04. The lowest BCUT2D eigenvalue weighted by molar-refractivity contribution is 0.459. The minimum absolute atomic E-state index is 0.355. The minimum atomic E-state index is -0.383. The van der Waals surface area contributed by atoms with Crippen molar-refractivity contribution in [1.82, 2.24) is 4.98 Å². The van der Waals surface area contributed by atoms with Crippen LogP contribution in [0.2, 0.25) is 0 Å². The average molecular weight is 367 g/mol. The van der Waals surface area contributed by atoms with Crippen LogP contribution in [-0.2, 0) is 5.88 Å². The second-order valence-corrected chi connectivity index (χ2v) is 5.57. The van der Waals surface area contributed by atoms with E-state index in [0.717, 1.165) is 16.5 Å². The number of fused-ring (bicyclic) bond motifs is 1. The normalized spacial score (nSPS) is 10.8. The molecule has 2 nitrogen and oxygen atoms in total. The Bertz CT molecular complexity index is 809. The van der Waals surface area contributed by atoms with Gasteiger partial charge in [0.25, 0.3) is 0 Å². The van der Waals surface area contributed by atoms with Crippen LogP contribution in [-0.4, -0.2) is 4.98 Å². The number of aromatic nitrogens is 1. The van der Waals surface area contributed by atoms with E-state index in [9.17, 15) is 4.39 Å². The molecule has 2 aromatic carbocycles. The van der Waals surface area contributed by atoms with Crippen LogP contribution in [0.15, 0.2) is 53.0 Å². The number of para-hydroxylation sites is 1. The van der Waals surface area contributed by atoms with E-state index in [1.165, 1.54) is 6.07 Å². The summed E-state index contributed by atoms with van der Waals surface area (Å²) in [6.07, 6.45) is 0. The van der Waals surface area contributed by atoms with Crippen LogP contribution >= 0.6 is 27.5 Å². The molecular formula is C16H10BrClFNO. The molecule has 0 saturated carbocycles. The van der Waals surface area contributed by atoms with Gasteiger partial charge in [-0.1, -0.05) is 18.2 Å². The molecule has 0 aliphatic heterocycles. The number of alkyl halides is 1. The van der Waals surface area contributed by atoms with Crippen LogP contribution in [0.4, 0.5) is 4.39 Å². The van der Waals surface area contributed by atoms with E-state index >= 15 is 0 Å². The van der Waals surface area contributed by atoms with E-state index in [1.807, 2.05) is 24.3 Å². The molecule has 0 aliphatic carbocycles. The Morgan fingerprint density at radius 2 is 1.95 bits per heavy atom. The standard InChI is InChI=1S/C16H10BrClFNO/c17-13-6-5-11(8-14(13)19)21-16-7-10(9-18)12-3-1-2-4-15(12)20-16/h1-8H,9H2. The molecule has 0 bridgehead atoms. The Morgan fingerprint density at radius 3 is 2.71 bits per heavy atom. The highest BCUT2D eigenvalue weighted by Crippen LogP contribution is 2.28. The zero-order chi connectivity index (χ0) is 14.8. The van der Waals surface area contributed by atoms with Crippen LogP contribution in [0.25, 0.3) is 10.9 Å². The summed E-state index contributed by atoms with van der Waals surface area (Å²) in [5.41, 5.74) is 1.72. The molecule has 3 rings (SSSR count). The molecule has 0 atom stereocenters. The van der Waals surface area contributed by atoms with Crippen molar-refractivity contribution in [3.63, 3.8) is 0 Å². The molecule has 0 fully saturated rings. The SMILES string of the molecule is Fc1cc(Oc2cc(CCl)c3ccccc3n2)ccc1Br. The van der Waals surface area contributed by atoms with Crippen molar-refractivity contribution in [3.05, 3.63) is 64.4 Å². The number of hydrogen-bond donors (Lipinski definition) is 0. The summed E-state index contributed by atoms with van der Waals surface area (Å²) in [6.45, 7) is 0. The van der Waals surface area contributed by atoms with Crippen LogP contribution in [0.3, 0.4) is 0 Å². The van der Waals surface area contributed by atoms with Crippen molar-refractivity contribution < 1.29 is 9.13 Å². The van der Waals surface area contributed by atoms with Crippen molar-refractivity contribution in [3.8, 4) is 11.6 Å². The highest BCUT2D eigenvalue weighted by Gasteiger charge is 2.08. The largest absolute Gasteiger partial charge is 0.439 e. The van der Waals surface area contributed by atoms with Crippen molar-refractivity contribution in [2.75, 3.05) is 0 Å². The minimum Gasteiger partial charge on any atom is -0.439 e. The first-order valence-electron chi connectivity index (χ1n) is 6.25. The van der Waals surface area contributed by atoms with E-state index in [1.54, 1.807) is 18.2 Å². The van der Waals surface area contributed by atoms with Gasteiger partial charge in [0.15, 0.2) is 0 Å². The highest BCUT2D eigenvalue weighted by molar-refractivity contribution is 9.10. The lowest BCUT2D eigenvalue weighted by Crippen LogP contribution is -1.93. The van der Waals surface area contributed by atoms with Gasteiger partial charge in [0.1, 0.15) is 11.6 Å². The fourth-order valence-corrected chi connectivity index (χ4v) is 2.51. The number of rotatable bonds is 3. The first kappa shape index (κ1) is 14.3. The molecule has 0 unspecified atom stereocenters. The van der Waals surface area contributed by atoms with Crippen molar-refractivity contribution in [2.24, 2.45) is 0 Å². The monoisotopic (exact) mass is 365 g/mol. The molecule has 1 heterocycles. The van der Waals surface area contributed by atoms with Crippen LogP contribution in [0, 0.1) is 5.82 Å². The number of nitrogens with zero attached hydrogens (tertiary/aromatic N) is 1. The van der Waals surface area contributed by atoms with Gasteiger partial charge in [-0.2, -0.15) is 0 Å². The second kappa shape index (κ2) is 6.00. The van der Waals surface area contributed by atoms with Gasteiger partial charge >= 0.3 is 0 Å². The van der Waals surface area contributed by atoms with Crippen LogP contribution in [0.1, 0.15) is 5.56 Å². The Kier molecular flexibility index (Phi) is 4.08. The zero-order valence-corrected chi connectivity index (χ0v) is 13.2. The van der Waals surface area contributed by atoms with E-state index in [4.69, 9.17) is 16.3 Å². The first-order valence-corrected chi connectivity index (χ1v) is 7.57. The maximum absolute atomic E-state index is 13.5. The summed E-state index contributed by atoms with van der Waals surface area (Å²) in [4.78, 5) is 4.42. The molecule has 0 aliphatic rings. The van der Waals surface area contributed by atoms with Gasteiger partial charge in [0.2, 0.25) is 5.88 Å². The first-order chi connectivity index (χ1) is 10.2. The summed E-state index contributed by atoms with van der Waals surface area (Å²) < 4.78 is 19.5. The third-order valence-corrected chi connectivity index (χ3v) is 3.97. The third-order valence-electron chi connectivity index (χ3n) is 3.04. The van der Waals surface area contributed by atoms with Crippen molar-refractivity contribution in [2.45, 2.75) is 5.88 Å². The molecule has 21 heavy (non-hydrogen) atoms. The van der Waals surface area contributed by atoms with Gasteiger partial charge in [-0.3, -0.25) is 0 Å². The predicted octanol–water partition coefficient (Wildman–Crippen LogP) is 5.67. The fraction of sp³-hybridized carbons (Fsp3) is 0.0625. The van der Waals surface area contributed by atoms with Crippen LogP contribution in [0.5, 0.6) is 11.6 Å². The van der Waals surface area contributed by atoms with Crippen LogP contribution < -0.4 is 4.74 Å². The van der Waals surface area contributed by atoms with Gasteiger partial charge in [-0.15, -0.1) is 11.6 Å². The molecule has 0 N–H and O–H groups in total. The van der Waals surface area contributed by atoms with Gasteiger partial charge in [-0.05, 0) is 39.7 Å². The smallest absolute Gasteiger partial charge is 0.220 e. The Hall–Kier alpha value is -1.65. The quantitative estimate of drug-likeness (QED) is 0.557. The van der Waals surface area contributed by atoms with Gasteiger partial charge < -0.3 is 4.74 Å². The van der Waals surface area contributed by atoms with E-state index in [-0.39, 0.29) is 5.82 Å². The molecule has 0 saturated heterocycles. The summed E-state index contributed by atoms with van der Waals surface area (Å²) in [5, 5.41) is 0.988. The average Bonchev–Trinajstić information content (AvgIpc) is 2.50. The lowest BCUT2D eigenvalue weighted by Gasteiger charge is -2.09. The molecular weight excluding hydrogens is 357 g/mol.